The molecule has 1 aromatic rings. The van der Waals surface area contributed by atoms with Crippen LogP contribution in [-0.2, 0) is 9.53 Å². The largest absolute Gasteiger partial charge is 0.463 e. The average Bonchev–Trinajstić information content (AvgIpc) is 2.87. The fourth-order valence-electron chi connectivity index (χ4n) is 1.82. The second kappa shape index (κ2) is 5.18. The molecular weight excluding hydrogens is 236 g/mol. The van der Waals surface area contributed by atoms with Crippen molar-refractivity contribution in [2.45, 2.75) is 0 Å². The van der Waals surface area contributed by atoms with Gasteiger partial charge in [0.15, 0.2) is 5.82 Å². The SMILES string of the molecule is COC(=O)C(=O)c1nc(N2CCN(C)CC2)c[nH]1. The van der Waals surface area contributed by atoms with Crippen molar-refractivity contribution in [3.63, 3.8) is 0 Å². The van der Waals surface area contributed by atoms with Gasteiger partial charge in [-0.2, -0.15) is 0 Å². The fourth-order valence-corrected chi connectivity index (χ4v) is 1.82. The van der Waals surface area contributed by atoms with E-state index >= 15 is 0 Å². The molecule has 0 unspecified atom stereocenters. The third-order valence-electron chi connectivity index (χ3n) is 2.98. The molecule has 18 heavy (non-hydrogen) atoms. The van der Waals surface area contributed by atoms with E-state index in [-0.39, 0.29) is 5.82 Å². The molecule has 0 aromatic carbocycles. The zero-order chi connectivity index (χ0) is 13.1. The summed E-state index contributed by atoms with van der Waals surface area (Å²) >= 11 is 0. The number of H-pyrrole nitrogens is 1. The van der Waals surface area contributed by atoms with E-state index in [0.29, 0.717) is 5.82 Å². The zero-order valence-corrected chi connectivity index (χ0v) is 10.5. The van der Waals surface area contributed by atoms with Gasteiger partial charge in [-0.15, -0.1) is 0 Å². The monoisotopic (exact) mass is 252 g/mol. The minimum Gasteiger partial charge on any atom is -0.463 e. The number of ether oxygens (including phenoxy) is 1. The predicted molar refractivity (Wildman–Crippen MR) is 64.6 cm³/mol. The molecule has 0 spiro atoms. The standard InChI is InChI=1S/C11H16N4O3/c1-14-3-5-15(6-4-14)8-7-12-10(13-8)9(16)11(17)18-2/h7H,3-6H2,1-2H3,(H,12,13). The number of rotatable bonds is 3. The molecule has 0 radical (unpaired) electrons. The number of esters is 1. The lowest BCUT2D eigenvalue weighted by Crippen LogP contribution is -2.44. The molecule has 0 aliphatic carbocycles. The van der Waals surface area contributed by atoms with E-state index in [1.165, 1.54) is 7.11 Å². The summed E-state index contributed by atoms with van der Waals surface area (Å²) in [6.45, 7) is 3.61. The highest BCUT2D eigenvalue weighted by Gasteiger charge is 2.22. The molecule has 1 aliphatic heterocycles. The lowest BCUT2D eigenvalue weighted by Gasteiger charge is -2.32. The molecule has 1 aliphatic rings. The maximum absolute atomic E-state index is 11.5. The number of likely N-dealkylation sites (N-methyl/N-ethyl adjacent to an activating group) is 1. The molecule has 0 amide bonds. The number of imidazole rings is 1. The molecule has 2 heterocycles. The van der Waals surface area contributed by atoms with Gasteiger partial charge in [0.25, 0.3) is 0 Å². The van der Waals surface area contributed by atoms with Crippen molar-refractivity contribution in [2.24, 2.45) is 0 Å². The molecule has 0 bridgehead atoms. The first kappa shape index (κ1) is 12.6. The summed E-state index contributed by atoms with van der Waals surface area (Å²) in [5.41, 5.74) is 0. The average molecular weight is 252 g/mol. The third kappa shape index (κ3) is 2.51. The predicted octanol–water partition coefficient (Wildman–Crippen LogP) is -0.483. The summed E-state index contributed by atoms with van der Waals surface area (Å²) in [5, 5.41) is 0. The van der Waals surface area contributed by atoms with Crippen LogP contribution in [0, 0.1) is 0 Å². The van der Waals surface area contributed by atoms with E-state index in [1.807, 2.05) is 0 Å². The van der Waals surface area contributed by atoms with Gasteiger partial charge in [0.05, 0.1) is 7.11 Å². The van der Waals surface area contributed by atoms with Crippen molar-refractivity contribution in [1.82, 2.24) is 14.9 Å². The summed E-state index contributed by atoms with van der Waals surface area (Å²) in [6, 6.07) is 0. The van der Waals surface area contributed by atoms with Crippen molar-refractivity contribution in [2.75, 3.05) is 45.2 Å². The van der Waals surface area contributed by atoms with E-state index in [1.54, 1.807) is 6.20 Å². The zero-order valence-electron chi connectivity index (χ0n) is 10.5. The van der Waals surface area contributed by atoms with E-state index in [9.17, 15) is 9.59 Å². The number of anilines is 1. The van der Waals surface area contributed by atoms with E-state index in [4.69, 9.17) is 0 Å². The van der Waals surface area contributed by atoms with Gasteiger partial charge in [0, 0.05) is 32.4 Å². The smallest absolute Gasteiger partial charge is 0.382 e. The maximum atomic E-state index is 11.5. The normalized spacial score (nSPS) is 16.7. The van der Waals surface area contributed by atoms with Crippen molar-refractivity contribution >= 4 is 17.6 Å². The number of methoxy groups -OCH3 is 1. The minimum atomic E-state index is -0.908. The van der Waals surface area contributed by atoms with Gasteiger partial charge >= 0.3 is 11.8 Å². The number of carbonyl (C=O) groups excluding carboxylic acids is 2. The number of carbonyl (C=O) groups is 2. The van der Waals surface area contributed by atoms with Crippen LogP contribution in [0.15, 0.2) is 6.20 Å². The van der Waals surface area contributed by atoms with Gasteiger partial charge in [-0.05, 0) is 7.05 Å². The Morgan fingerprint density at radius 1 is 1.33 bits per heavy atom. The summed E-state index contributed by atoms with van der Waals surface area (Å²) in [7, 11) is 3.23. The molecule has 0 atom stereocenters. The van der Waals surface area contributed by atoms with Crippen LogP contribution >= 0.6 is 0 Å². The Kier molecular flexibility index (Phi) is 3.61. The number of ketones is 1. The molecule has 7 heteroatoms. The Morgan fingerprint density at radius 2 is 2.00 bits per heavy atom. The second-order valence-electron chi connectivity index (χ2n) is 4.22. The summed E-state index contributed by atoms with van der Waals surface area (Å²) in [4.78, 5) is 33.8. The van der Waals surface area contributed by atoms with Gasteiger partial charge < -0.3 is 19.5 Å². The molecule has 0 saturated carbocycles. The maximum Gasteiger partial charge on any atom is 0.382 e. The molecule has 98 valence electrons. The number of nitrogens with one attached hydrogen (secondary N) is 1. The first-order chi connectivity index (χ1) is 8.61. The van der Waals surface area contributed by atoms with Crippen LogP contribution in [0.3, 0.4) is 0 Å². The third-order valence-corrected chi connectivity index (χ3v) is 2.98. The van der Waals surface area contributed by atoms with E-state index in [2.05, 4.69) is 31.6 Å². The number of piperazine rings is 1. The Labute approximate surface area is 105 Å². The number of hydrogen-bond donors (Lipinski definition) is 1. The van der Waals surface area contributed by atoms with Crippen LogP contribution in [0.4, 0.5) is 5.82 Å². The second-order valence-corrected chi connectivity index (χ2v) is 4.22. The highest BCUT2D eigenvalue weighted by Crippen LogP contribution is 2.13. The summed E-state index contributed by atoms with van der Waals surface area (Å²) < 4.78 is 4.37. The van der Waals surface area contributed by atoms with Gasteiger partial charge in [0.1, 0.15) is 5.82 Å². The minimum absolute atomic E-state index is 0.0239. The number of Topliss-reactive ketones (excluding diaryl/α,β-unsaturated/α-hetero) is 1. The topological polar surface area (TPSA) is 78.5 Å². The van der Waals surface area contributed by atoms with Crippen molar-refractivity contribution in [3.05, 3.63) is 12.0 Å². The fraction of sp³-hybridized carbons (Fsp3) is 0.545. The van der Waals surface area contributed by atoms with Crippen LogP contribution < -0.4 is 4.90 Å². The molecule has 1 aromatic heterocycles. The lowest BCUT2D eigenvalue weighted by molar-refractivity contribution is -0.135. The quantitative estimate of drug-likeness (QED) is 0.444. The molecule has 7 nitrogen and oxygen atoms in total. The van der Waals surface area contributed by atoms with Crippen LogP contribution in [0.2, 0.25) is 0 Å². The van der Waals surface area contributed by atoms with Crippen LogP contribution in [0.1, 0.15) is 10.6 Å². The first-order valence-corrected chi connectivity index (χ1v) is 5.73. The Hall–Kier alpha value is -1.89. The highest BCUT2D eigenvalue weighted by molar-refractivity contribution is 6.39. The number of aromatic amines is 1. The molecule has 2 rings (SSSR count). The van der Waals surface area contributed by atoms with Gasteiger partial charge in [0.2, 0.25) is 0 Å². The lowest BCUT2D eigenvalue weighted by atomic mass is 10.3. The Morgan fingerprint density at radius 3 is 2.61 bits per heavy atom. The Bertz CT molecular complexity index is 449. The van der Waals surface area contributed by atoms with Crippen molar-refractivity contribution in [1.29, 1.82) is 0 Å². The molecule has 1 saturated heterocycles. The molecule has 1 N–H and O–H groups in total. The number of aromatic nitrogens is 2. The van der Waals surface area contributed by atoms with Crippen LogP contribution in [-0.4, -0.2) is 67.0 Å². The van der Waals surface area contributed by atoms with E-state index in [0.717, 1.165) is 26.2 Å². The summed E-state index contributed by atoms with van der Waals surface area (Å²) in [6.07, 6.45) is 1.64. The summed E-state index contributed by atoms with van der Waals surface area (Å²) in [5.74, 6) is -0.946. The first-order valence-electron chi connectivity index (χ1n) is 5.73. The number of nitrogens with zero attached hydrogens (tertiary/aromatic N) is 3. The molecule has 1 fully saturated rings. The van der Waals surface area contributed by atoms with Crippen molar-refractivity contribution in [3.8, 4) is 0 Å². The Balaban J connectivity index is 2.06. The van der Waals surface area contributed by atoms with Crippen molar-refractivity contribution < 1.29 is 14.3 Å². The van der Waals surface area contributed by atoms with E-state index < -0.39 is 11.8 Å². The van der Waals surface area contributed by atoms with Gasteiger partial charge in [-0.3, -0.25) is 4.79 Å². The molecular formula is C11H16N4O3. The van der Waals surface area contributed by atoms with Gasteiger partial charge in [-0.1, -0.05) is 0 Å². The highest BCUT2D eigenvalue weighted by atomic mass is 16.5. The number of hydrogen-bond acceptors (Lipinski definition) is 6. The van der Waals surface area contributed by atoms with Crippen LogP contribution in [0.25, 0.3) is 0 Å². The van der Waals surface area contributed by atoms with Crippen LogP contribution in [0.5, 0.6) is 0 Å². The van der Waals surface area contributed by atoms with Gasteiger partial charge in [-0.25, -0.2) is 9.78 Å².